The molecule has 2 N–H and O–H groups in total. The molecule has 0 radical (unpaired) electrons. The number of aryl methyl sites for hydroxylation is 1. The first-order valence-electron chi connectivity index (χ1n) is 11.4. The highest BCUT2D eigenvalue weighted by atomic mass is 16.1. The van der Waals surface area contributed by atoms with Gasteiger partial charge in [-0.05, 0) is 48.2 Å². The minimum absolute atomic E-state index is 0.0432. The Hall–Kier alpha value is -3.02. The zero-order valence-electron chi connectivity index (χ0n) is 18.8. The first kappa shape index (κ1) is 22.2. The standard InChI is InChI=1S/C27H32N4O/c1-21-18-24(26-8-5-9-27(28)29-26)11-10-22(21)12-13-30-14-16-31(17-15-30)19-25(20-32)23-6-3-2-4-7-23/h2-11,18,20,25H,12-17,19H2,1H3,(H2,28,29). The van der Waals surface area contributed by atoms with Gasteiger partial charge in [0.25, 0.3) is 0 Å². The van der Waals surface area contributed by atoms with Crippen LogP contribution in [0.2, 0.25) is 0 Å². The van der Waals surface area contributed by atoms with Crippen LogP contribution < -0.4 is 5.73 Å². The number of carbonyl (C=O) groups excluding carboxylic acids is 1. The smallest absolute Gasteiger partial charge is 0.128 e. The Morgan fingerprint density at radius 2 is 1.72 bits per heavy atom. The van der Waals surface area contributed by atoms with Crippen molar-refractivity contribution < 1.29 is 4.79 Å². The molecule has 1 unspecified atom stereocenters. The summed E-state index contributed by atoms with van der Waals surface area (Å²) in [6.07, 6.45) is 2.13. The third-order valence-corrected chi connectivity index (χ3v) is 6.42. The van der Waals surface area contributed by atoms with Gasteiger partial charge in [-0.1, -0.05) is 48.5 Å². The third-order valence-electron chi connectivity index (χ3n) is 6.42. The largest absolute Gasteiger partial charge is 0.384 e. The lowest BCUT2D eigenvalue weighted by atomic mass is 9.99. The highest BCUT2D eigenvalue weighted by Crippen LogP contribution is 2.22. The maximum absolute atomic E-state index is 11.6. The van der Waals surface area contributed by atoms with Gasteiger partial charge in [0.1, 0.15) is 12.1 Å². The van der Waals surface area contributed by atoms with Gasteiger partial charge in [0.05, 0.1) is 11.6 Å². The number of carbonyl (C=O) groups is 1. The summed E-state index contributed by atoms with van der Waals surface area (Å²) in [6, 6.07) is 22.4. The lowest BCUT2D eigenvalue weighted by Gasteiger charge is -2.35. The number of nitrogens with two attached hydrogens (primary N) is 1. The van der Waals surface area contributed by atoms with Gasteiger partial charge in [0, 0.05) is 44.8 Å². The van der Waals surface area contributed by atoms with E-state index in [1.165, 1.54) is 11.1 Å². The summed E-state index contributed by atoms with van der Waals surface area (Å²) in [5.74, 6) is 0.505. The van der Waals surface area contributed by atoms with E-state index in [1.807, 2.05) is 48.5 Å². The zero-order chi connectivity index (χ0) is 22.3. The van der Waals surface area contributed by atoms with Crippen LogP contribution in [0.5, 0.6) is 0 Å². The molecular formula is C27H32N4O. The quantitative estimate of drug-likeness (QED) is 0.553. The Kier molecular flexibility index (Phi) is 7.30. The molecule has 5 nitrogen and oxygen atoms in total. The molecule has 5 heteroatoms. The molecule has 1 aromatic heterocycles. The van der Waals surface area contributed by atoms with Crippen molar-refractivity contribution >= 4 is 12.1 Å². The zero-order valence-corrected chi connectivity index (χ0v) is 18.8. The Morgan fingerprint density at radius 3 is 2.41 bits per heavy atom. The fourth-order valence-corrected chi connectivity index (χ4v) is 4.43. The van der Waals surface area contributed by atoms with E-state index < -0.39 is 0 Å². The van der Waals surface area contributed by atoms with Crippen molar-refractivity contribution in [3.8, 4) is 11.3 Å². The van der Waals surface area contributed by atoms with Crippen molar-refractivity contribution in [1.82, 2.24) is 14.8 Å². The van der Waals surface area contributed by atoms with Crippen LogP contribution in [0, 0.1) is 6.92 Å². The lowest BCUT2D eigenvalue weighted by molar-refractivity contribution is -0.109. The molecule has 0 saturated carbocycles. The first-order chi connectivity index (χ1) is 15.6. The number of aldehydes is 1. The molecule has 32 heavy (non-hydrogen) atoms. The fraction of sp³-hybridized carbons (Fsp3) is 0.333. The SMILES string of the molecule is Cc1cc(-c2cccc(N)n2)ccc1CCN1CCN(CC(C=O)c2ccccc2)CC1. The summed E-state index contributed by atoms with van der Waals surface area (Å²) in [7, 11) is 0. The van der Waals surface area contributed by atoms with Crippen LogP contribution in [-0.2, 0) is 11.2 Å². The van der Waals surface area contributed by atoms with Crippen molar-refractivity contribution in [2.75, 3.05) is 45.0 Å². The number of nitrogens with zero attached hydrogens (tertiary/aromatic N) is 3. The van der Waals surface area contributed by atoms with Crippen LogP contribution in [0.4, 0.5) is 5.82 Å². The molecule has 1 fully saturated rings. The van der Waals surface area contributed by atoms with E-state index >= 15 is 0 Å². The van der Waals surface area contributed by atoms with Crippen molar-refractivity contribution in [2.24, 2.45) is 0 Å². The predicted molar refractivity (Wildman–Crippen MR) is 131 cm³/mol. The molecule has 166 valence electrons. The van der Waals surface area contributed by atoms with Gasteiger partial charge in [0.2, 0.25) is 0 Å². The van der Waals surface area contributed by atoms with E-state index in [9.17, 15) is 4.79 Å². The molecule has 1 aliphatic rings. The number of hydrogen-bond donors (Lipinski definition) is 1. The van der Waals surface area contributed by atoms with Gasteiger partial charge in [-0.3, -0.25) is 4.90 Å². The van der Waals surface area contributed by atoms with Crippen LogP contribution >= 0.6 is 0 Å². The second-order valence-corrected chi connectivity index (χ2v) is 8.63. The summed E-state index contributed by atoms with van der Waals surface area (Å²) in [4.78, 5) is 21.0. The van der Waals surface area contributed by atoms with Gasteiger partial charge in [-0.25, -0.2) is 4.98 Å². The summed E-state index contributed by atoms with van der Waals surface area (Å²) in [5, 5.41) is 0. The summed E-state index contributed by atoms with van der Waals surface area (Å²) < 4.78 is 0. The summed E-state index contributed by atoms with van der Waals surface area (Å²) in [6.45, 7) is 8.15. The van der Waals surface area contributed by atoms with Crippen LogP contribution in [-0.4, -0.2) is 60.3 Å². The van der Waals surface area contributed by atoms with Gasteiger partial charge in [-0.15, -0.1) is 0 Å². The molecule has 0 amide bonds. The Morgan fingerprint density at radius 1 is 0.969 bits per heavy atom. The Labute approximate surface area is 190 Å². The van der Waals surface area contributed by atoms with Crippen molar-refractivity contribution in [2.45, 2.75) is 19.3 Å². The second kappa shape index (κ2) is 10.5. The fourth-order valence-electron chi connectivity index (χ4n) is 4.43. The number of hydrogen-bond acceptors (Lipinski definition) is 5. The van der Waals surface area contributed by atoms with Crippen molar-refractivity contribution in [1.29, 1.82) is 0 Å². The molecule has 2 heterocycles. The summed E-state index contributed by atoms with van der Waals surface area (Å²) in [5.41, 5.74) is 11.6. The van der Waals surface area contributed by atoms with Gasteiger partial charge >= 0.3 is 0 Å². The number of aromatic nitrogens is 1. The number of pyridine rings is 1. The van der Waals surface area contributed by atoms with E-state index in [0.717, 1.165) is 68.8 Å². The molecule has 1 aliphatic heterocycles. The molecule has 3 aromatic rings. The molecule has 4 rings (SSSR count). The third kappa shape index (κ3) is 5.61. The summed E-state index contributed by atoms with van der Waals surface area (Å²) >= 11 is 0. The molecule has 0 aliphatic carbocycles. The van der Waals surface area contributed by atoms with Crippen LogP contribution in [0.15, 0.2) is 66.7 Å². The minimum Gasteiger partial charge on any atom is -0.384 e. The average molecular weight is 429 g/mol. The maximum Gasteiger partial charge on any atom is 0.128 e. The first-order valence-corrected chi connectivity index (χ1v) is 11.4. The minimum atomic E-state index is -0.0432. The van der Waals surface area contributed by atoms with Gasteiger partial charge in [0.15, 0.2) is 0 Å². The Balaban J connectivity index is 1.27. The number of anilines is 1. The number of nitrogen functional groups attached to an aromatic ring is 1. The van der Waals surface area contributed by atoms with Crippen molar-refractivity contribution in [3.63, 3.8) is 0 Å². The highest BCUT2D eigenvalue weighted by molar-refractivity contribution is 5.63. The number of benzene rings is 2. The van der Waals surface area contributed by atoms with Crippen LogP contribution in [0.3, 0.4) is 0 Å². The van der Waals surface area contributed by atoms with E-state index in [1.54, 1.807) is 0 Å². The maximum atomic E-state index is 11.6. The topological polar surface area (TPSA) is 62.5 Å². The number of piperazine rings is 1. The molecule has 0 bridgehead atoms. The molecule has 2 aromatic carbocycles. The second-order valence-electron chi connectivity index (χ2n) is 8.63. The highest BCUT2D eigenvalue weighted by Gasteiger charge is 2.21. The lowest BCUT2D eigenvalue weighted by Crippen LogP contribution is -2.48. The monoisotopic (exact) mass is 428 g/mol. The van der Waals surface area contributed by atoms with E-state index in [2.05, 4.69) is 39.9 Å². The molecule has 1 atom stereocenters. The van der Waals surface area contributed by atoms with E-state index in [-0.39, 0.29) is 5.92 Å². The van der Waals surface area contributed by atoms with E-state index in [0.29, 0.717) is 5.82 Å². The molecular weight excluding hydrogens is 396 g/mol. The predicted octanol–water partition coefficient (Wildman–Crippen LogP) is 3.78. The van der Waals surface area contributed by atoms with Crippen LogP contribution in [0.25, 0.3) is 11.3 Å². The number of rotatable bonds is 8. The molecule has 1 saturated heterocycles. The van der Waals surface area contributed by atoms with Crippen LogP contribution in [0.1, 0.15) is 22.6 Å². The van der Waals surface area contributed by atoms with E-state index in [4.69, 9.17) is 5.73 Å². The molecule has 0 spiro atoms. The van der Waals surface area contributed by atoms with Gasteiger partial charge < -0.3 is 15.4 Å². The van der Waals surface area contributed by atoms with Gasteiger partial charge in [-0.2, -0.15) is 0 Å². The van der Waals surface area contributed by atoms with Crippen molar-refractivity contribution in [3.05, 3.63) is 83.4 Å². The average Bonchev–Trinajstić information content (AvgIpc) is 2.83. The Bertz CT molecular complexity index is 1030. The normalized spacial score (nSPS) is 16.0.